The first kappa shape index (κ1) is 22.8. The molecule has 2 aromatic carbocycles. The molecule has 1 fully saturated rings. The van der Waals surface area contributed by atoms with Gasteiger partial charge in [-0.1, -0.05) is 29.0 Å². The van der Waals surface area contributed by atoms with E-state index in [9.17, 15) is 4.79 Å². The normalized spacial score (nSPS) is 16.7. The number of rotatable bonds is 6. The third kappa shape index (κ3) is 5.09. The molecule has 0 N–H and O–H groups in total. The van der Waals surface area contributed by atoms with Gasteiger partial charge in [-0.25, -0.2) is 4.98 Å². The van der Waals surface area contributed by atoms with E-state index in [0.29, 0.717) is 11.6 Å². The third-order valence-corrected chi connectivity index (χ3v) is 7.91. The fourth-order valence-electron chi connectivity index (χ4n) is 4.84. The van der Waals surface area contributed by atoms with Gasteiger partial charge in [-0.3, -0.25) is 14.6 Å². The van der Waals surface area contributed by atoms with Crippen molar-refractivity contribution in [3.8, 4) is 0 Å². The minimum Gasteiger partial charge on any atom is -0.379 e. The lowest BCUT2D eigenvalue weighted by Crippen LogP contribution is -2.39. The van der Waals surface area contributed by atoms with Crippen molar-refractivity contribution in [2.24, 2.45) is 0 Å². The van der Waals surface area contributed by atoms with Crippen LogP contribution in [0, 0.1) is 6.92 Å². The summed E-state index contributed by atoms with van der Waals surface area (Å²) in [6.45, 7) is 7.10. The molecular weight excluding hydrogens is 454 g/mol. The second-order valence-electron chi connectivity index (χ2n) is 9.02. The maximum atomic E-state index is 13.8. The van der Waals surface area contributed by atoms with Gasteiger partial charge >= 0.3 is 0 Å². The number of thiazole rings is 1. The number of hydrogen-bond donors (Lipinski definition) is 0. The van der Waals surface area contributed by atoms with E-state index in [1.54, 1.807) is 11.3 Å². The molecule has 1 saturated heterocycles. The van der Waals surface area contributed by atoms with E-state index < -0.39 is 0 Å². The maximum Gasteiger partial charge on any atom is 0.260 e. The number of carbonyl (C=O) groups is 1. The Kier molecular flexibility index (Phi) is 6.97. The first-order chi connectivity index (χ1) is 16.1. The number of carbonyl (C=O) groups excluding carboxylic acids is 1. The molecule has 5 nitrogen and oxygen atoms in total. The molecule has 0 spiro atoms. The summed E-state index contributed by atoms with van der Waals surface area (Å²) >= 11 is 7.84. The number of benzene rings is 2. The highest BCUT2D eigenvalue weighted by Gasteiger charge is 2.23. The lowest BCUT2D eigenvalue weighted by Gasteiger charge is -2.28. The number of nitrogens with zero attached hydrogens (tertiary/aromatic N) is 3. The number of halogens is 1. The second kappa shape index (κ2) is 10.1. The van der Waals surface area contributed by atoms with Crippen molar-refractivity contribution >= 4 is 44.2 Å². The monoisotopic (exact) mass is 483 g/mol. The molecule has 0 radical (unpaired) electrons. The van der Waals surface area contributed by atoms with Crippen LogP contribution < -0.4 is 4.90 Å². The minimum absolute atomic E-state index is 0.0353. The Hall–Kier alpha value is -1.99. The van der Waals surface area contributed by atoms with E-state index in [-0.39, 0.29) is 5.91 Å². The zero-order chi connectivity index (χ0) is 22.8. The molecule has 0 atom stereocenters. The van der Waals surface area contributed by atoms with Crippen molar-refractivity contribution in [2.75, 3.05) is 44.3 Å². The third-order valence-electron chi connectivity index (χ3n) is 6.67. The van der Waals surface area contributed by atoms with Gasteiger partial charge in [-0.15, -0.1) is 0 Å². The average Bonchev–Trinajstić information content (AvgIpc) is 3.26. The van der Waals surface area contributed by atoms with E-state index in [0.717, 1.165) is 78.6 Å². The fraction of sp³-hybridized carbons (Fsp3) is 0.462. The molecule has 1 aromatic heterocycles. The first-order valence-electron chi connectivity index (χ1n) is 11.9. The van der Waals surface area contributed by atoms with Crippen LogP contribution in [-0.4, -0.2) is 55.2 Å². The molecule has 1 aliphatic heterocycles. The lowest BCUT2D eigenvalue weighted by molar-refractivity contribution is 0.0376. The van der Waals surface area contributed by atoms with Gasteiger partial charge in [-0.2, -0.15) is 0 Å². The van der Waals surface area contributed by atoms with E-state index >= 15 is 0 Å². The van der Waals surface area contributed by atoms with Crippen LogP contribution >= 0.6 is 22.9 Å². The number of fused-ring (bicyclic) bond motifs is 2. The number of aryl methyl sites for hydroxylation is 3. The highest BCUT2D eigenvalue weighted by molar-refractivity contribution is 7.22. The molecule has 2 heterocycles. The van der Waals surface area contributed by atoms with Gasteiger partial charge in [0.25, 0.3) is 5.91 Å². The van der Waals surface area contributed by atoms with Crippen LogP contribution in [0.3, 0.4) is 0 Å². The number of aromatic nitrogens is 1. The Bertz CT molecular complexity index is 1160. The van der Waals surface area contributed by atoms with Crippen molar-refractivity contribution in [1.82, 2.24) is 9.88 Å². The van der Waals surface area contributed by atoms with Crippen LogP contribution in [0.4, 0.5) is 5.13 Å². The number of anilines is 1. The van der Waals surface area contributed by atoms with Crippen LogP contribution in [0.25, 0.3) is 10.2 Å². The van der Waals surface area contributed by atoms with E-state index in [1.165, 1.54) is 24.0 Å². The summed E-state index contributed by atoms with van der Waals surface area (Å²) in [4.78, 5) is 22.9. The second-order valence-corrected chi connectivity index (χ2v) is 10.5. The van der Waals surface area contributed by atoms with Crippen LogP contribution in [0.2, 0.25) is 5.02 Å². The summed E-state index contributed by atoms with van der Waals surface area (Å²) < 4.78 is 6.49. The van der Waals surface area contributed by atoms with Gasteiger partial charge in [0, 0.05) is 36.8 Å². The molecule has 0 saturated carbocycles. The van der Waals surface area contributed by atoms with Gasteiger partial charge in [0.15, 0.2) is 5.13 Å². The lowest BCUT2D eigenvalue weighted by atomic mass is 9.90. The van der Waals surface area contributed by atoms with Crippen molar-refractivity contribution in [2.45, 2.75) is 39.0 Å². The largest absolute Gasteiger partial charge is 0.379 e. The predicted molar refractivity (Wildman–Crippen MR) is 136 cm³/mol. The Morgan fingerprint density at radius 3 is 2.76 bits per heavy atom. The molecular formula is C26H30ClN3O2S. The van der Waals surface area contributed by atoms with Gasteiger partial charge < -0.3 is 4.74 Å². The molecule has 7 heteroatoms. The molecule has 0 bridgehead atoms. The predicted octanol–water partition coefficient (Wildman–Crippen LogP) is 5.51. The Morgan fingerprint density at radius 1 is 1.15 bits per heavy atom. The molecule has 1 aliphatic carbocycles. The number of ether oxygens (including phenoxy) is 1. The highest BCUT2D eigenvalue weighted by Crippen LogP contribution is 2.34. The summed E-state index contributed by atoms with van der Waals surface area (Å²) in [6, 6.07) is 10.1. The van der Waals surface area contributed by atoms with Gasteiger partial charge in [-0.05, 0) is 80.0 Å². The van der Waals surface area contributed by atoms with Crippen LogP contribution in [0.5, 0.6) is 0 Å². The zero-order valence-corrected chi connectivity index (χ0v) is 20.7. The molecule has 2 aliphatic rings. The number of amides is 1. The van der Waals surface area contributed by atoms with Crippen LogP contribution in [0.1, 0.15) is 46.3 Å². The van der Waals surface area contributed by atoms with Crippen molar-refractivity contribution < 1.29 is 9.53 Å². The fourth-order valence-corrected chi connectivity index (χ4v) is 6.29. The number of hydrogen-bond acceptors (Lipinski definition) is 5. The topological polar surface area (TPSA) is 45.7 Å². The first-order valence-corrected chi connectivity index (χ1v) is 13.1. The Labute approximate surface area is 204 Å². The Balaban J connectivity index is 1.43. The van der Waals surface area contributed by atoms with Crippen molar-refractivity contribution in [3.05, 3.63) is 57.6 Å². The smallest absolute Gasteiger partial charge is 0.260 e. The summed E-state index contributed by atoms with van der Waals surface area (Å²) in [7, 11) is 0. The molecule has 1 amide bonds. The average molecular weight is 484 g/mol. The van der Waals surface area contributed by atoms with E-state index in [1.807, 2.05) is 30.0 Å². The molecule has 174 valence electrons. The van der Waals surface area contributed by atoms with E-state index in [2.05, 4.69) is 17.0 Å². The zero-order valence-electron chi connectivity index (χ0n) is 19.1. The summed E-state index contributed by atoms with van der Waals surface area (Å²) in [5.41, 5.74) is 5.44. The summed E-state index contributed by atoms with van der Waals surface area (Å²) in [6.07, 6.45) is 5.51. The van der Waals surface area contributed by atoms with Gasteiger partial charge in [0.2, 0.25) is 0 Å². The molecule has 5 rings (SSSR count). The van der Waals surface area contributed by atoms with Crippen molar-refractivity contribution in [3.63, 3.8) is 0 Å². The van der Waals surface area contributed by atoms with Gasteiger partial charge in [0.1, 0.15) is 0 Å². The van der Waals surface area contributed by atoms with Crippen LogP contribution in [0.15, 0.2) is 30.3 Å². The minimum atomic E-state index is 0.0353. The highest BCUT2D eigenvalue weighted by atomic mass is 35.5. The molecule has 33 heavy (non-hydrogen) atoms. The quantitative estimate of drug-likeness (QED) is 0.464. The standard InChI is InChI=1S/C26H30ClN3O2S/c1-18-15-22(27)17-23-24(18)28-26(33-23)30(10-4-9-29-11-13-32-14-12-29)25(31)21-8-7-19-5-2-3-6-20(19)16-21/h7-8,15-17H,2-6,9-14H2,1H3. The van der Waals surface area contributed by atoms with Crippen LogP contribution in [-0.2, 0) is 17.6 Å². The summed E-state index contributed by atoms with van der Waals surface area (Å²) in [5.74, 6) is 0.0353. The Morgan fingerprint density at radius 2 is 1.94 bits per heavy atom. The van der Waals surface area contributed by atoms with Crippen molar-refractivity contribution in [1.29, 1.82) is 0 Å². The molecule has 0 unspecified atom stereocenters. The molecule has 3 aromatic rings. The summed E-state index contributed by atoms with van der Waals surface area (Å²) in [5, 5.41) is 1.45. The maximum absolute atomic E-state index is 13.8. The van der Waals surface area contributed by atoms with Gasteiger partial charge in [0.05, 0.1) is 23.4 Å². The van der Waals surface area contributed by atoms with E-state index in [4.69, 9.17) is 21.3 Å². The number of morpholine rings is 1. The SMILES string of the molecule is Cc1cc(Cl)cc2sc(N(CCCN3CCOCC3)C(=O)c3ccc4c(c3)CCCC4)nc12.